The van der Waals surface area contributed by atoms with Crippen LogP contribution in [0.4, 0.5) is 0 Å². The third-order valence-corrected chi connectivity index (χ3v) is 3.10. The van der Waals surface area contributed by atoms with Gasteiger partial charge in [-0.2, -0.15) is 0 Å². The molecule has 0 fully saturated rings. The molecule has 1 aromatic rings. The molecule has 114 valence electrons. The Balaban J connectivity index is 3.30. The Hall–Kier alpha value is -0.825. The molecule has 0 saturated carbocycles. The van der Waals surface area contributed by atoms with Crippen molar-refractivity contribution < 1.29 is 27.9 Å². The van der Waals surface area contributed by atoms with E-state index in [1.807, 2.05) is 18.2 Å². The summed E-state index contributed by atoms with van der Waals surface area (Å²) in [6.45, 7) is 0. The van der Waals surface area contributed by atoms with Crippen molar-refractivity contribution in [2.45, 2.75) is 0 Å². The summed E-state index contributed by atoms with van der Waals surface area (Å²) in [5.74, 6) is 0. The summed E-state index contributed by atoms with van der Waals surface area (Å²) in [7, 11) is 7.99. The molecule has 0 heterocycles. The van der Waals surface area contributed by atoms with Gasteiger partial charge in [0.2, 0.25) is 0 Å². The smallest absolute Gasteiger partial charge is 0.410 e. The molecule has 0 atom stereocenters. The lowest BCUT2D eigenvalue weighted by atomic mass is 9.66. The first kappa shape index (κ1) is 18.2. The van der Waals surface area contributed by atoms with Gasteiger partial charge in [-0.1, -0.05) is 18.2 Å². The number of hydrogen-bond acceptors (Lipinski definition) is 6. The van der Waals surface area contributed by atoms with Crippen LogP contribution in [0.1, 0.15) is 0 Å². The molecule has 0 aromatic heterocycles. The first-order chi connectivity index (χ1) is 10.1. The Labute approximate surface area is 127 Å². The lowest BCUT2D eigenvalue weighted by Crippen LogP contribution is -2.48. The number of benzene rings is 1. The van der Waals surface area contributed by atoms with E-state index < -0.39 is 21.4 Å². The second-order valence-corrected chi connectivity index (χ2v) is 4.34. The molecule has 0 unspecified atom stereocenters. The molecular weight excluding hydrogens is 273 g/mol. The third-order valence-electron chi connectivity index (χ3n) is 3.10. The molecule has 0 spiro atoms. The van der Waals surface area contributed by atoms with Gasteiger partial charge in [0.05, 0.1) is 0 Å². The fourth-order valence-electron chi connectivity index (χ4n) is 2.22. The Kier molecular flexibility index (Phi) is 8.02. The molecule has 9 heteroatoms. The van der Waals surface area contributed by atoms with E-state index in [-0.39, 0.29) is 0 Å². The van der Waals surface area contributed by atoms with Crippen molar-refractivity contribution >= 4 is 37.7 Å². The zero-order valence-electron chi connectivity index (χ0n) is 13.4. The normalized spacial score (nSPS) is 10.6. The van der Waals surface area contributed by atoms with E-state index in [1.54, 1.807) is 42.7 Å². The van der Waals surface area contributed by atoms with Gasteiger partial charge in [0.15, 0.2) is 0 Å². The van der Waals surface area contributed by atoms with Crippen LogP contribution in [0.3, 0.4) is 0 Å². The van der Waals surface area contributed by atoms with E-state index in [4.69, 9.17) is 27.9 Å². The molecule has 0 amide bonds. The van der Waals surface area contributed by atoms with Gasteiger partial charge in [0.25, 0.3) is 0 Å². The summed E-state index contributed by atoms with van der Waals surface area (Å²) in [4.78, 5) is 0. The van der Waals surface area contributed by atoms with E-state index in [0.29, 0.717) is 0 Å². The second kappa shape index (κ2) is 9.24. The minimum absolute atomic E-state index is 0.493. The quantitative estimate of drug-likeness (QED) is 0.525. The van der Waals surface area contributed by atoms with Gasteiger partial charge in [-0.25, -0.2) is 0 Å². The highest BCUT2D eigenvalue weighted by Gasteiger charge is 2.28. The standard InChI is InChI=1S/C12H21B3O6/c1-16-13(17-2)10-7-11(14(18-3)19-4)9-12(8-10)15(20-5)21-6/h7-9H,1-6H3. The number of rotatable bonds is 9. The summed E-state index contributed by atoms with van der Waals surface area (Å²) < 4.78 is 31.8. The Morgan fingerprint density at radius 1 is 0.476 bits per heavy atom. The SMILES string of the molecule is COB(OC)c1cc(B(OC)OC)cc(B(OC)OC)c1. The molecule has 0 aliphatic heterocycles. The van der Waals surface area contributed by atoms with E-state index >= 15 is 0 Å². The third kappa shape index (κ3) is 4.57. The van der Waals surface area contributed by atoms with Crippen LogP contribution in [-0.4, -0.2) is 64.0 Å². The van der Waals surface area contributed by atoms with Crippen molar-refractivity contribution in [3.05, 3.63) is 18.2 Å². The summed E-state index contributed by atoms with van der Waals surface area (Å²) >= 11 is 0. The lowest BCUT2D eigenvalue weighted by molar-refractivity contribution is 0.290. The van der Waals surface area contributed by atoms with Crippen molar-refractivity contribution in [2.75, 3.05) is 42.7 Å². The molecular formula is C12H21B3O6. The summed E-state index contributed by atoms with van der Waals surface area (Å²) in [6.07, 6.45) is 0. The average molecular weight is 294 g/mol. The van der Waals surface area contributed by atoms with Crippen LogP contribution < -0.4 is 16.4 Å². The van der Waals surface area contributed by atoms with Gasteiger partial charge in [0, 0.05) is 42.7 Å². The Morgan fingerprint density at radius 2 is 0.667 bits per heavy atom. The molecule has 0 aliphatic carbocycles. The Bertz CT molecular complexity index is 347. The highest BCUT2D eigenvalue weighted by Crippen LogP contribution is 1.95. The minimum Gasteiger partial charge on any atom is -0.410 e. The largest absolute Gasteiger partial charge is 0.493 e. The first-order valence-corrected chi connectivity index (χ1v) is 6.46. The average Bonchev–Trinajstić information content (AvgIpc) is 2.51. The van der Waals surface area contributed by atoms with Crippen LogP contribution in [0.2, 0.25) is 0 Å². The molecule has 0 saturated heterocycles. The van der Waals surface area contributed by atoms with Gasteiger partial charge in [0.1, 0.15) is 0 Å². The topological polar surface area (TPSA) is 55.4 Å². The highest BCUT2D eigenvalue weighted by atomic mass is 16.6. The fourth-order valence-corrected chi connectivity index (χ4v) is 2.22. The molecule has 0 aliphatic rings. The fraction of sp³-hybridized carbons (Fsp3) is 0.500. The van der Waals surface area contributed by atoms with E-state index in [9.17, 15) is 0 Å². The van der Waals surface area contributed by atoms with Crippen LogP contribution in [-0.2, 0) is 27.9 Å². The molecule has 0 radical (unpaired) electrons. The van der Waals surface area contributed by atoms with Crippen molar-refractivity contribution in [3.63, 3.8) is 0 Å². The minimum atomic E-state index is -0.493. The van der Waals surface area contributed by atoms with Crippen molar-refractivity contribution in [1.82, 2.24) is 0 Å². The predicted molar refractivity (Wildman–Crippen MR) is 84.7 cm³/mol. The summed E-state index contributed by atoms with van der Waals surface area (Å²) in [5, 5.41) is 0. The zero-order chi connectivity index (χ0) is 15.8. The van der Waals surface area contributed by atoms with Gasteiger partial charge in [-0.05, 0) is 16.4 Å². The zero-order valence-corrected chi connectivity index (χ0v) is 13.4. The van der Waals surface area contributed by atoms with Crippen molar-refractivity contribution in [1.29, 1.82) is 0 Å². The predicted octanol–water partition coefficient (Wildman–Crippen LogP) is -1.35. The lowest BCUT2D eigenvalue weighted by Gasteiger charge is -2.17. The maximum atomic E-state index is 5.30. The monoisotopic (exact) mass is 294 g/mol. The number of hydrogen-bond donors (Lipinski definition) is 0. The van der Waals surface area contributed by atoms with Crippen LogP contribution in [0.5, 0.6) is 0 Å². The maximum Gasteiger partial charge on any atom is 0.493 e. The molecule has 0 N–H and O–H groups in total. The molecule has 1 rings (SSSR count). The van der Waals surface area contributed by atoms with Crippen LogP contribution in [0, 0.1) is 0 Å². The van der Waals surface area contributed by atoms with Gasteiger partial charge in [-0.3, -0.25) is 0 Å². The van der Waals surface area contributed by atoms with Crippen molar-refractivity contribution in [2.24, 2.45) is 0 Å². The summed E-state index contributed by atoms with van der Waals surface area (Å²) in [5.41, 5.74) is 2.47. The molecule has 21 heavy (non-hydrogen) atoms. The summed E-state index contributed by atoms with van der Waals surface area (Å²) in [6, 6.07) is 5.71. The van der Waals surface area contributed by atoms with E-state index in [1.165, 1.54) is 0 Å². The molecule has 0 bridgehead atoms. The van der Waals surface area contributed by atoms with Crippen LogP contribution in [0.15, 0.2) is 18.2 Å². The van der Waals surface area contributed by atoms with Gasteiger partial charge in [-0.15, -0.1) is 0 Å². The van der Waals surface area contributed by atoms with Gasteiger partial charge >= 0.3 is 21.4 Å². The first-order valence-electron chi connectivity index (χ1n) is 6.46. The second-order valence-electron chi connectivity index (χ2n) is 4.34. The van der Waals surface area contributed by atoms with Gasteiger partial charge < -0.3 is 27.9 Å². The Morgan fingerprint density at radius 3 is 0.810 bits per heavy atom. The molecule has 1 aromatic carbocycles. The van der Waals surface area contributed by atoms with E-state index in [2.05, 4.69) is 0 Å². The maximum absolute atomic E-state index is 5.30. The highest BCUT2D eigenvalue weighted by molar-refractivity contribution is 6.68. The van der Waals surface area contributed by atoms with Crippen molar-refractivity contribution in [3.8, 4) is 0 Å². The van der Waals surface area contributed by atoms with Crippen LogP contribution >= 0.6 is 0 Å². The molecule has 6 nitrogen and oxygen atoms in total. The van der Waals surface area contributed by atoms with E-state index in [0.717, 1.165) is 16.4 Å². The van der Waals surface area contributed by atoms with Crippen LogP contribution in [0.25, 0.3) is 0 Å².